The van der Waals surface area contributed by atoms with E-state index in [1.54, 1.807) is 6.07 Å². The number of carbonyl (C=O) groups excluding carboxylic acids is 1. The molecule has 1 aromatic carbocycles. The molecule has 0 spiro atoms. The van der Waals surface area contributed by atoms with E-state index in [9.17, 15) is 9.90 Å². The van der Waals surface area contributed by atoms with Gasteiger partial charge in [0, 0.05) is 18.1 Å². The van der Waals surface area contributed by atoms with E-state index in [2.05, 4.69) is 5.32 Å². The molecule has 3 rings (SSSR count). The van der Waals surface area contributed by atoms with Crippen LogP contribution in [0.3, 0.4) is 0 Å². The first-order valence-corrected chi connectivity index (χ1v) is 8.39. The zero-order chi connectivity index (χ0) is 16.6. The number of phenolic OH excluding ortho intramolecular Hbond substituents is 1. The summed E-state index contributed by atoms with van der Waals surface area (Å²) >= 11 is 0. The molecule has 0 aliphatic carbocycles. The summed E-state index contributed by atoms with van der Waals surface area (Å²) < 4.78 is 5.56. The minimum Gasteiger partial charge on any atom is -0.506 e. The highest BCUT2D eigenvalue weighted by atomic mass is 16.6. The van der Waals surface area contributed by atoms with Gasteiger partial charge in [-0.1, -0.05) is 12.1 Å². The van der Waals surface area contributed by atoms with E-state index in [1.165, 1.54) is 0 Å². The highest BCUT2D eigenvalue weighted by Crippen LogP contribution is 2.38. The van der Waals surface area contributed by atoms with Crippen LogP contribution in [0.25, 0.3) is 0 Å². The lowest BCUT2D eigenvalue weighted by Gasteiger charge is -2.40. The molecule has 23 heavy (non-hydrogen) atoms. The largest absolute Gasteiger partial charge is 0.506 e. The van der Waals surface area contributed by atoms with Gasteiger partial charge in [-0.2, -0.15) is 0 Å². The summed E-state index contributed by atoms with van der Waals surface area (Å²) in [6, 6.07) is 8.03. The predicted octanol–water partition coefficient (Wildman–Crippen LogP) is 3.73. The van der Waals surface area contributed by atoms with Gasteiger partial charge in [-0.25, -0.2) is 4.79 Å². The minimum atomic E-state index is -0.457. The molecule has 0 aromatic heterocycles. The van der Waals surface area contributed by atoms with Crippen LogP contribution in [0.4, 0.5) is 10.5 Å². The fourth-order valence-corrected chi connectivity index (χ4v) is 3.72. The Hall–Kier alpha value is -1.91. The lowest BCUT2D eigenvalue weighted by Crippen LogP contribution is -2.51. The Kier molecular flexibility index (Phi) is 4.13. The Bertz CT molecular complexity index is 568. The molecule has 5 heteroatoms. The van der Waals surface area contributed by atoms with Crippen LogP contribution in [0.15, 0.2) is 24.3 Å². The fourth-order valence-electron chi connectivity index (χ4n) is 3.72. The molecule has 2 saturated heterocycles. The third-order valence-corrected chi connectivity index (χ3v) is 4.60. The number of amides is 1. The zero-order valence-electron chi connectivity index (χ0n) is 14.1. The van der Waals surface area contributed by atoms with Crippen molar-refractivity contribution in [3.63, 3.8) is 0 Å². The van der Waals surface area contributed by atoms with Gasteiger partial charge in [0.2, 0.25) is 0 Å². The quantitative estimate of drug-likeness (QED) is 0.816. The molecule has 0 radical (unpaired) electrons. The van der Waals surface area contributed by atoms with Gasteiger partial charge in [0.1, 0.15) is 11.4 Å². The third-order valence-electron chi connectivity index (χ3n) is 4.60. The predicted molar refractivity (Wildman–Crippen MR) is 89.6 cm³/mol. The van der Waals surface area contributed by atoms with Crippen molar-refractivity contribution in [3.05, 3.63) is 24.3 Å². The number of rotatable bonds is 2. The van der Waals surface area contributed by atoms with Crippen molar-refractivity contribution in [3.8, 4) is 5.75 Å². The maximum atomic E-state index is 12.4. The maximum Gasteiger partial charge on any atom is 0.410 e. The number of para-hydroxylation sites is 2. The first-order chi connectivity index (χ1) is 10.8. The van der Waals surface area contributed by atoms with E-state index in [-0.39, 0.29) is 30.0 Å². The van der Waals surface area contributed by atoms with Crippen LogP contribution >= 0.6 is 0 Å². The van der Waals surface area contributed by atoms with Gasteiger partial charge in [-0.15, -0.1) is 0 Å². The number of fused-ring (bicyclic) bond motifs is 2. The number of phenols is 1. The normalized spacial score (nSPS) is 26.9. The van der Waals surface area contributed by atoms with Crippen molar-refractivity contribution >= 4 is 11.8 Å². The molecule has 2 fully saturated rings. The Balaban J connectivity index is 1.65. The summed E-state index contributed by atoms with van der Waals surface area (Å²) in [4.78, 5) is 14.4. The summed E-state index contributed by atoms with van der Waals surface area (Å²) in [5.41, 5.74) is 0.309. The third kappa shape index (κ3) is 3.54. The van der Waals surface area contributed by atoms with E-state index in [1.807, 2.05) is 43.9 Å². The number of nitrogens with zero attached hydrogens (tertiary/aromatic N) is 1. The van der Waals surface area contributed by atoms with E-state index < -0.39 is 5.60 Å². The highest BCUT2D eigenvalue weighted by molar-refractivity contribution is 5.70. The summed E-state index contributed by atoms with van der Waals surface area (Å²) in [5, 5.41) is 13.3. The standard InChI is InChI=1S/C18H26N2O3/c1-18(2,3)23-17(22)20-13-8-9-14(20)11-12(10-13)19-15-6-4-5-7-16(15)21/h4-7,12-14,19,21H,8-11H2,1-3H3/t12-,13-,14+. The average Bonchev–Trinajstić information content (AvgIpc) is 2.72. The van der Waals surface area contributed by atoms with Crippen LogP contribution in [0.5, 0.6) is 5.75 Å². The Labute approximate surface area is 137 Å². The number of hydrogen-bond acceptors (Lipinski definition) is 4. The highest BCUT2D eigenvalue weighted by Gasteiger charge is 2.44. The van der Waals surface area contributed by atoms with Gasteiger partial charge in [-0.05, 0) is 58.6 Å². The summed E-state index contributed by atoms with van der Waals surface area (Å²) in [6.45, 7) is 5.71. The molecule has 5 nitrogen and oxygen atoms in total. The first kappa shape index (κ1) is 16.0. The SMILES string of the molecule is CC(C)(C)OC(=O)N1[C@@H]2CC[C@H]1C[C@H](Nc1ccccc1O)C2. The molecule has 0 unspecified atom stereocenters. The van der Waals surface area contributed by atoms with Gasteiger partial charge < -0.3 is 20.1 Å². The van der Waals surface area contributed by atoms with Crippen molar-refractivity contribution in [2.45, 2.75) is 70.2 Å². The van der Waals surface area contributed by atoms with Crippen LogP contribution in [-0.4, -0.2) is 39.8 Å². The van der Waals surface area contributed by atoms with Gasteiger partial charge in [-0.3, -0.25) is 0 Å². The van der Waals surface area contributed by atoms with Gasteiger partial charge in [0.15, 0.2) is 0 Å². The van der Waals surface area contributed by atoms with Crippen LogP contribution in [0.2, 0.25) is 0 Å². The number of hydrogen-bond donors (Lipinski definition) is 2. The number of benzene rings is 1. The van der Waals surface area contributed by atoms with Crippen molar-refractivity contribution in [1.82, 2.24) is 4.90 Å². The van der Waals surface area contributed by atoms with Gasteiger partial charge in [0.25, 0.3) is 0 Å². The minimum absolute atomic E-state index is 0.189. The van der Waals surface area contributed by atoms with E-state index in [0.29, 0.717) is 0 Å². The monoisotopic (exact) mass is 318 g/mol. The second-order valence-corrected chi connectivity index (χ2v) is 7.60. The van der Waals surface area contributed by atoms with Crippen LogP contribution < -0.4 is 5.32 Å². The molecule has 2 N–H and O–H groups in total. The lowest BCUT2D eigenvalue weighted by molar-refractivity contribution is 0.00682. The van der Waals surface area contributed by atoms with Crippen molar-refractivity contribution in [1.29, 1.82) is 0 Å². The summed E-state index contributed by atoms with van der Waals surface area (Å²) in [5.74, 6) is 0.273. The smallest absolute Gasteiger partial charge is 0.410 e. The molecule has 2 aliphatic rings. The number of anilines is 1. The van der Waals surface area contributed by atoms with Gasteiger partial charge >= 0.3 is 6.09 Å². The number of ether oxygens (including phenoxy) is 1. The average molecular weight is 318 g/mol. The molecule has 2 heterocycles. The van der Waals surface area contributed by atoms with Crippen molar-refractivity contribution in [2.75, 3.05) is 5.32 Å². The van der Waals surface area contributed by atoms with E-state index in [0.717, 1.165) is 31.4 Å². The number of piperidine rings is 1. The molecule has 1 amide bonds. The number of nitrogens with one attached hydrogen (secondary N) is 1. The molecule has 2 aliphatic heterocycles. The maximum absolute atomic E-state index is 12.4. The second-order valence-electron chi connectivity index (χ2n) is 7.60. The first-order valence-electron chi connectivity index (χ1n) is 8.39. The zero-order valence-corrected chi connectivity index (χ0v) is 14.1. The second kappa shape index (κ2) is 5.95. The molecule has 3 atom stereocenters. The summed E-state index contributed by atoms with van der Waals surface area (Å²) in [6.07, 6.45) is 3.66. The molecule has 1 aromatic rings. The van der Waals surface area contributed by atoms with E-state index >= 15 is 0 Å². The van der Waals surface area contributed by atoms with Crippen LogP contribution in [0.1, 0.15) is 46.5 Å². The lowest BCUT2D eigenvalue weighted by atomic mass is 9.97. The Morgan fingerprint density at radius 3 is 2.39 bits per heavy atom. The summed E-state index contributed by atoms with van der Waals surface area (Å²) in [7, 11) is 0. The Morgan fingerprint density at radius 2 is 1.83 bits per heavy atom. The van der Waals surface area contributed by atoms with Gasteiger partial charge in [0.05, 0.1) is 5.69 Å². The molecular weight excluding hydrogens is 292 g/mol. The van der Waals surface area contributed by atoms with Crippen LogP contribution in [0, 0.1) is 0 Å². The molecule has 2 bridgehead atoms. The number of carbonyl (C=O) groups is 1. The van der Waals surface area contributed by atoms with E-state index in [4.69, 9.17) is 4.74 Å². The van der Waals surface area contributed by atoms with Crippen LogP contribution in [-0.2, 0) is 4.74 Å². The molecule has 0 saturated carbocycles. The number of aromatic hydroxyl groups is 1. The topological polar surface area (TPSA) is 61.8 Å². The fraction of sp³-hybridized carbons (Fsp3) is 0.611. The molecular formula is C18H26N2O3. The molecule has 126 valence electrons. The van der Waals surface area contributed by atoms with Crippen molar-refractivity contribution < 1.29 is 14.6 Å². The van der Waals surface area contributed by atoms with Crippen molar-refractivity contribution in [2.24, 2.45) is 0 Å². The Morgan fingerprint density at radius 1 is 1.22 bits per heavy atom.